The highest BCUT2D eigenvalue weighted by molar-refractivity contribution is 6.46. The fourth-order valence-electron chi connectivity index (χ4n) is 4.96. The van der Waals surface area contributed by atoms with Crippen LogP contribution in [0.25, 0.3) is 5.76 Å². The van der Waals surface area contributed by atoms with Crippen molar-refractivity contribution in [1.82, 2.24) is 4.90 Å². The topological polar surface area (TPSA) is 80.0 Å². The fourth-order valence-corrected chi connectivity index (χ4v) is 4.96. The van der Waals surface area contributed by atoms with Crippen LogP contribution in [0, 0.1) is 6.92 Å². The van der Waals surface area contributed by atoms with Gasteiger partial charge in [0.15, 0.2) is 0 Å². The predicted octanol–water partition coefficient (Wildman–Crippen LogP) is 7.09. The number of ketones is 1. The van der Waals surface area contributed by atoms with Crippen molar-refractivity contribution in [3.8, 4) is 5.75 Å². The lowest BCUT2D eigenvalue weighted by molar-refractivity contribution is -0.140. The molecule has 3 aromatic carbocycles. The molecule has 1 amide bonds. The largest absolute Gasteiger partial charge is 0.507 e. The van der Waals surface area contributed by atoms with Gasteiger partial charge in [-0.2, -0.15) is 0 Å². The van der Waals surface area contributed by atoms with E-state index < -0.39 is 17.7 Å². The van der Waals surface area contributed by atoms with E-state index >= 15 is 0 Å². The molecule has 1 N–H and O–H groups in total. The van der Waals surface area contributed by atoms with Gasteiger partial charge in [0.25, 0.3) is 11.7 Å². The third kappa shape index (κ3) is 5.57. The zero-order chi connectivity index (χ0) is 28.4. The molecule has 0 saturated carbocycles. The van der Waals surface area contributed by atoms with Gasteiger partial charge in [-0.3, -0.25) is 9.59 Å². The SMILES string of the molecule is Cc1cccc(COc2ccc(C(O)=C3C(=O)C(=O)N(Cc4ccco4)[C@H]3c3ccc(C(C)(C)C)cc3)cc2)c1. The molecule has 204 valence electrons. The van der Waals surface area contributed by atoms with Crippen LogP contribution in [0.3, 0.4) is 0 Å². The maximum absolute atomic E-state index is 13.4. The number of rotatable bonds is 7. The molecule has 0 aliphatic carbocycles. The smallest absolute Gasteiger partial charge is 0.296 e. The minimum absolute atomic E-state index is 0.0495. The summed E-state index contributed by atoms with van der Waals surface area (Å²) in [7, 11) is 0. The Labute approximate surface area is 234 Å². The van der Waals surface area contributed by atoms with Crippen molar-refractivity contribution in [1.29, 1.82) is 0 Å². The minimum Gasteiger partial charge on any atom is -0.507 e. The van der Waals surface area contributed by atoms with Crippen molar-refractivity contribution in [3.63, 3.8) is 0 Å². The van der Waals surface area contributed by atoms with Crippen LogP contribution >= 0.6 is 0 Å². The number of carbonyl (C=O) groups is 2. The molecule has 1 fully saturated rings. The maximum Gasteiger partial charge on any atom is 0.296 e. The number of Topliss-reactive ketones (excluding diaryl/α,β-unsaturated/α-hetero) is 1. The molecule has 1 aromatic heterocycles. The lowest BCUT2D eigenvalue weighted by Crippen LogP contribution is -2.29. The van der Waals surface area contributed by atoms with E-state index in [1.54, 1.807) is 36.4 Å². The number of aliphatic hydroxyl groups is 1. The summed E-state index contributed by atoms with van der Waals surface area (Å²) in [6, 6.07) is 25.5. The Bertz CT molecular complexity index is 1540. The number of ether oxygens (including phenoxy) is 1. The van der Waals surface area contributed by atoms with Gasteiger partial charge in [0.1, 0.15) is 23.9 Å². The van der Waals surface area contributed by atoms with E-state index in [4.69, 9.17) is 9.15 Å². The van der Waals surface area contributed by atoms with E-state index in [0.29, 0.717) is 23.7 Å². The van der Waals surface area contributed by atoms with E-state index in [-0.39, 0.29) is 23.3 Å². The summed E-state index contributed by atoms with van der Waals surface area (Å²) in [6.07, 6.45) is 1.53. The standard InChI is InChI=1S/C34H33NO5/c1-22-7-5-8-23(19-22)21-40-27-16-12-25(13-17-27)31(36)29-30(24-10-14-26(15-11-24)34(2,3)4)35(33(38)32(29)37)20-28-9-6-18-39-28/h5-19,30,36H,20-21H2,1-4H3/t30-/m0/s1. The van der Waals surface area contributed by atoms with Gasteiger partial charge in [-0.1, -0.05) is 74.9 Å². The molecule has 0 bridgehead atoms. The summed E-state index contributed by atoms with van der Waals surface area (Å²) in [5, 5.41) is 11.4. The number of nitrogens with zero attached hydrogens (tertiary/aromatic N) is 1. The number of aliphatic hydroxyl groups excluding tert-OH is 1. The Kier molecular flexibility index (Phi) is 7.35. The number of hydrogen-bond acceptors (Lipinski definition) is 5. The molecule has 4 aromatic rings. The van der Waals surface area contributed by atoms with Crippen LogP contribution in [0.4, 0.5) is 0 Å². The molecule has 6 heteroatoms. The van der Waals surface area contributed by atoms with Crippen molar-refractivity contribution in [2.45, 2.75) is 52.3 Å². The highest BCUT2D eigenvalue weighted by Crippen LogP contribution is 2.41. The van der Waals surface area contributed by atoms with Crippen LogP contribution < -0.4 is 4.74 Å². The first-order valence-corrected chi connectivity index (χ1v) is 13.3. The van der Waals surface area contributed by atoms with Gasteiger partial charge in [0.2, 0.25) is 0 Å². The summed E-state index contributed by atoms with van der Waals surface area (Å²) in [6.45, 7) is 8.92. The van der Waals surface area contributed by atoms with E-state index in [1.165, 1.54) is 11.2 Å². The second-order valence-corrected chi connectivity index (χ2v) is 11.2. The zero-order valence-corrected chi connectivity index (χ0v) is 23.2. The second-order valence-electron chi connectivity index (χ2n) is 11.2. The minimum atomic E-state index is -0.767. The first-order valence-electron chi connectivity index (χ1n) is 13.3. The molecule has 2 heterocycles. The number of amides is 1. The van der Waals surface area contributed by atoms with Crippen molar-refractivity contribution < 1.29 is 23.8 Å². The first kappa shape index (κ1) is 27.0. The molecule has 1 atom stereocenters. The van der Waals surface area contributed by atoms with E-state index in [1.807, 2.05) is 49.4 Å². The van der Waals surface area contributed by atoms with Crippen LogP contribution in [0.2, 0.25) is 0 Å². The van der Waals surface area contributed by atoms with Crippen molar-refractivity contribution in [2.75, 3.05) is 0 Å². The van der Waals surface area contributed by atoms with Crippen molar-refractivity contribution >= 4 is 17.4 Å². The van der Waals surface area contributed by atoms with Crippen molar-refractivity contribution in [3.05, 3.63) is 130 Å². The Morgan fingerprint density at radius 1 is 0.950 bits per heavy atom. The van der Waals surface area contributed by atoms with Gasteiger partial charge in [0.05, 0.1) is 24.4 Å². The average molecular weight is 536 g/mol. The van der Waals surface area contributed by atoms with Crippen LogP contribution in [0.15, 0.2) is 101 Å². The maximum atomic E-state index is 13.4. The van der Waals surface area contributed by atoms with Gasteiger partial charge < -0.3 is 19.2 Å². The average Bonchev–Trinajstić information content (AvgIpc) is 3.54. The van der Waals surface area contributed by atoms with Gasteiger partial charge in [-0.25, -0.2) is 0 Å². The zero-order valence-electron chi connectivity index (χ0n) is 23.2. The van der Waals surface area contributed by atoms with Gasteiger partial charge in [0, 0.05) is 5.56 Å². The van der Waals surface area contributed by atoms with E-state index in [0.717, 1.165) is 22.3 Å². The number of carbonyl (C=O) groups excluding carboxylic acids is 2. The number of hydrogen-bond donors (Lipinski definition) is 1. The molecular formula is C34H33NO5. The summed E-state index contributed by atoms with van der Waals surface area (Å²) in [5.41, 5.74) is 4.49. The molecule has 0 unspecified atom stereocenters. The quantitative estimate of drug-likeness (QED) is 0.155. The lowest BCUT2D eigenvalue weighted by atomic mass is 9.85. The summed E-state index contributed by atoms with van der Waals surface area (Å²) >= 11 is 0. The molecule has 6 nitrogen and oxygen atoms in total. The summed E-state index contributed by atoms with van der Waals surface area (Å²) < 4.78 is 11.4. The van der Waals surface area contributed by atoms with Crippen LogP contribution in [-0.4, -0.2) is 21.7 Å². The van der Waals surface area contributed by atoms with Crippen LogP contribution in [0.1, 0.15) is 60.4 Å². The van der Waals surface area contributed by atoms with E-state index in [9.17, 15) is 14.7 Å². The molecule has 0 spiro atoms. The Morgan fingerprint density at radius 2 is 1.68 bits per heavy atom. The summed E-state index contributed by atoms with van der Waals surface area (Å²) in [4.78, 5) is 28.1. The highest BCUT2D eigenvalue weighted by atomic mass is 16.5. The Hall–Kier alpha value is -4.58. The normalized spacial score (nSPS) is 16.9. The lowest BCUT2D eigenvalue weighted by Gasteiger charge is -2.26. The van der Waals surface area contributed by atoms with Gasteiger partial charge in [-0.05, 0) is 65.4 Å². The molecular weight excluding hydrogens is 502 g/mol. The van der Waals surface area contributed by atoms with Crippen LogP contribution in [0.5, 0.6) is 5.75 Å². The number of benzene rings is 3. The Balaban J connectivity index is 1.48. The molecule has 5 rings (SSSR count). The molecule has 1 aliphatic heterocycles. The second kappa shape index (κ2) is 10.9. The van der Waals surface area contributed by atoms with E-state index in [2.05, 4.69) is 26.8 Å². The summed E-state index contributed by atoms with van der Waals surface area (Å²) in [5.74, 6) is -0.455. The third-order valence-corrected chi connectivity index (χ3v) is 7.15. The number of likely N-dealkylation sites (tertiary alicyclic amines) is 1. The third-order valence-electron chi connectivity index (χ3n) is 7.15. The van der Waals surface area contributed by atoms with Crippen molar-refractivity contribution in [2.24, 2.45) is 0 Å². The first-order chi connectivity index (χ1) is 19.1. The highest BCUT2D eigenvalue weighted by Gasteiger charge is 2.46. The number of furan rings is 1. The Morgan fingerprint density at radius 3 is 2.30 bits per heavy atom. The van der Waals surface area contributed by atoms with Crippen LogP contribution in [-0.2, 0) is 28.2 Å². The van der Waals surface area contributed by atoms with Gasteiger partial charge >= 0.3 is 0 Å². The molecule has 1 aliphatic rings. The predicted molar refractivity (Wildman–Crippen MR) is 154 cm³/mol. The molecule has 1 saturated heterocycles. The molecule has 0 radical (unpaired) electrons. The number of aryl methyl sites for hydroxylation is 1. The van der Waals surface area contributed by atoms with Gasteiger partial charge in [-0.15, -0.1) is 0 Å². The fraction of sp³-hybridized carbons (Fsp3) is 0.235. The monoisotopic (exact) mass is 535 g/mol. The molecule has 40 heavy (non-hydrogen) atoms.